The smallest absolute Gasteiger partial charge is 0.274 e. The van der Waals surface area contributed by atoms with E-state index in [0.717, 1.165) is 5.56 Å². The summed E-state index contributed by atoms with van der Waals surface area (Å²) in [6.45, 7) is 6.59. The van der Waals surface area contributed by atoms with Crippen LogP contribution in [0.4, 0.5) is 5.69 Å². The Hall–Kier alpha value is -1.42. The molecule has 0 amide bonds. The maximum Gasteiger partial charge on any atom is 0.274 e. The first-order valence-corrected chi connectivity index (χ1v) is 8.00. The Labute approximate surface area is 127 Å². The van der Waals surface area contributed by atoms with Crippen molar-refractivity contribution in [3.05, 3.63) is 39.9 Å². The molecule has 1 N–H and O–H groups in total. The second kappa shape index (κ2) is 7.03. The second-order valence-electron chi connectivity index (χ2n) is 6.50. The lowest BCUT2D eigenvalue weighted by Gasteiger charge is -2.36. The number of para-hydroxylation sites is 1. The van der Waals surface area contributed by atoms with Gasteiger partial charge in [-0.25, -0.2) is 0 Å². The molecule has 0 radical (unpaired) electrons. The fourth-order valence-electron chi connectivity index (χ4n) is 3.60. The van der Waals surface area contributed by atoms with E-state index in [1.807, 2.05) is 19.1 Å². The molecule has 1 aromatic carbocycles. The molecule has 1 aromatic rings. The molecule has 0 heterocycles. The van der Waals surface area contributed by atoms with E-state index in [9.17, 15) is 10.1 Å². The van der Waals surface area contributed by atoms with E-state index >= 15 is 0 Å². The summed E-state index contributed by atoms with van der Waals surface area (Å²) in [6, 6.07) is 7.54. The van der Waals surface area contributed by atoms with Crippen molar-refractivity contribution in [2.24, 2.45) is 11.8 Å². The highest BCUT2D eigenvalue weighted by atomic mass is 16.6. The van der Waals surface area contributed by atoms with Crippen molar-refractivity contribution < 1.29 is 4.92 Å². The number of rotatable bonds is 5. The normalized spacial score (nSPS) is 24.0. The van der Waals surface area contributed by atoms with Gasteiger partial charge >= 0.3 is 0 Å². The van der Waals surface area contributed by atoms with E-state index < -0.39 is 0 Å². The lowest BCUT2D eigenvalue weighted by molar-refractivity contribution is -0.385. The predicted octanol–water partition coefficient (Wildman–Crippen LogP) is 4.46. The van der Waals surface area contributed by atoms with E-state index in [1.54, 1.807) is 12.1 Å². The molecule has 1 aliphatic rings. The van der Waals surface area contributed by atoms with Crippen molar-refractivity contribution in [3.63, 3.8) is 0 Å². The largest absolute Gasteiger partial charge is 0.307 e. The first-order chi connectivity index (χ1) is 10.0. The molecule has 2 rings (SSSR count). The molecule has 0 saturated heterocycles. The molecule has 4 heteroatoms. The van der Waals surface area contributed by atoms with Gasteiger partial charge in [0, 0.05) is 23.7 Å². The summed E-state index contributed by atoms with van der Waals surface area (Å²) >= 11 is 0. The van der Waals surface area contributed by atoms with Crippen molar-refractivity contribution in [1.82, 2.24) is 5.32 Å². The van der Waals surface area contributed by atoms with Gasteiger partial charge in [0.25, 0.3) is 5.69 Å². The third-order valence-corrected chi connectivity index (χ3v) is 4.74. The number of hydrogen-bond acceptors (Lipinski definition) is 3. The number of hydrogen-bond donors (Lipinski definition) is 1. The minimum Gasteiger partial charge on any atom is -0.307 e. The first kappa shape index (κ1) is 16.0. The Morgan fingerprint density at radius 1 is 1.19 bits per heavy atom. The molecule has 1 saturated carbocycles. The van der Waals surface area contributed by atoms with Gasteiger partial charge in [0.1, 0.15) is 0 Å². The third-order valence-electron chi connectivity index (χ3n) is 4.74. The Kier molecular flexibility index (Phi) is 5.34. The average Bonchev–Trinajstić information content (AvgIpc) is 2.47. The highest BCUT2D eigenvalue weighted by Gasteiger charge is 2.29. The van der Waals surface area contributed by atoms with Crippen LogP contribution in [0.25, 0.3) is 0 Å². The van der Waals surface area contributed by atoms with Crippen molar-refractivity contribution in [2.75, 3.05) is 0 Å². The fourth-order valence-corrected chi connectivity index (χ4v) is 3.60. The van der Waals surface area contributed by atoms with E-state index in [4.69, 9.17) is 0 Å². The van der Waals surface area contributed by atoms with E-state index in [1.165, 1.54) is 25.7 Å². The van der Waals surface area contributed by atoms with Gasteiger partial charge in [-0.15, -0.1) is 0 Å². The van der Waals surface area contributed by atoms with Gasteiger partial charge in [0.05, 0.1) is 4.92 Å². The van der Waals surface area contributed by atoms with Gasteiger partial charge in [0.2, 0.25) is 0 Å². The average molecular weight is 290 g/mol. The molecule has 3 atom stereocenters. The van der Waals surface area contributed by atoms with Crippen LogP contribution in [0.2, 0.25) is 0 Å². The number of nitrogens with one attached hydrogen (secondary N) is 1. The van der Waals surface area contributed by atoms with Crippen molar-refractivity contribution in [3.8, 4) is 0 Å². The zero-order valence-corrected chi connectivity index (χ0v) is 13.2. The number of benzene rings is 1. The van der Waals surface area contributed by atoms with Crippen LogP contribution < -0.4 is 5.32 Å². The Balaban J connectivity index is 2.13. The van der Waals surface area contributed by atoms with Gasteiger partial charge in [0.15, 0.2) is 0 Å². The van der Waals surface area contributed by atoms with E-state index in [-0.39, 0.29) is 16.7 Å². The molecular weight excluding hydrogens is 264 g/mol. The van der Waals surface area contributed by atoms with Crippen LogP contribution >= 0.6 is 0 Å². The van der Waals surface area contributed by atoms with E-state index in [2.05, 4.69) is 19.2 Å². The maximum atomic E-state index is 11.2. The molecule has 116 valence electrons. The van der Waals surface area contributed by atoms with Crippen LogP contribution in [0, 0.1) is 22.0 Å². The summed E-state index contributed by atoms with van der Waals surface area (Å²) in [5.41, 5.74) is 1.00. The first-order valence-electron chi connectivity index (χ1n) is 8.00. The van der Waals surface area contributed by atoms with Crippen LogP contribution in [0.5, 0.6) is 0 Å². The minimum absolute atomic E-state index is 0.0101. The summed E-state index contributed by atoms with van der Waals surface area (Å²) in [5.74, 6) is 1.32. The quantitative estimate of drug-likeness (QED) is 0.643. The SMILES string of the molecule is CC(NC1CCCCC1C(C)C)c1ccccc1[N+](=O)[O-]. The zero-order valence-electron chi connectivity index (χ0n) is 13.2. The summed E-state index contributed by atoms with van der Waals surface area (Å²) < 4.78 is 0. The molecule has 3 unspecified atom stereocenters. The maximum absolute atomic E-state index is 11.2. The van der Waals surface area contributed by atoms with Gasteiger partial charge in [-0.2, -0.15) is 0 Å². The molecule has 1 aliphatic carbocycles. The second-order valence-corrected chi connectivity index (χ2v) is 6.50. The Morgan fingerprint density at radius 2 is 1.86 bits per heavy atom. The molecule has 0 bridgehead atoms. The zero-order chi connectivity index (χ0) is 15.4. The van der Waals surface area contributed by atoms with E-state index in [0.29, 0.717) is 17.9 Å². The Bertz CT molecular complexity index is 487. The summed E-state index contributed by atoms with van der Waals surface area (Å²) in [4.78, 5) is 10.9. The van der Waals surface area contributed by atoms with Crippen LogP contribution in [0.3, 0.4) is 0 Å². The molecule has 21 heavy (non-hydrogen) atoms. The molecule has 0 aliphatic heterocycles. The summed E-state index contributed by atoms with van der Waals surface area (Å²) in [6.07, 6.45) is 5.00. The van der Waals surface area contributed by atoms with Crippen LogP contribution in [-0.2, 0) is 0 Å². The highest BCUT2D eigenvalue weighted by Crippen LogP contribution is 2.33. The van der Waals surface area contributed by atoms with Gasteiger partial charge in [-0.1, -0.05) is 44.9 Å². The number of nitro groups is 1. The fraction of sp³-hybridized carbons (Fsp3) is 0.647. The van der Waals surface area contributed by atoms with Crippen molar-refractivity contribution in [1.29, 1.82) is 0 Å². The summed E-state index contributed by atoms with van der Waals surface area (Å²) in [7, 11) is 0. The van der Waals surface area contributed by atoms with Crippen LogP contribution in [0.1, 0.15) is 58.1 Å². The topological polar surface area (TPSA) is 55.2 Å². The van der Waals surface area contributed by atoms with Crippen LogP contribution in [0.15, 0.2) is 24.3 Å². The molecule has 4 nitrogen and oxygen atoms in total. The molecule has 0 aromatic heterocycles. The Morgan fingerprint density at radius 3 is 2.52 bits per heavy atom. The monoisotopic (exact) mass is 290 g/mol. The lowest BCUT2D eigenvalue weighted by atomic mass is 9.77. The highest BCUT2D eigenvalue weighted by molar-refractivity contribution is 5.41. The molecular formula is C17H26N2O2. The van der Waals surface area contributed by atoms with Crippen molar-refractivity contribution >= 4 is 5.69 Å². The summed E-state index contributed by atoms with van der Waals surface area (Å²) in [5, 5.41) is 14.8. The van der Waals surface area contributed by atoms with Crippen molar-refractivity contribution in [2.45, 2.75) is 58.5 Å². The predicted molar refractivity (Wildman–Crippen MR) is 85.2 cm³/mol. The number of nitrogens with zero attached hydrogens (tertiary/aromatic N) is 1. The molecule has 1 fully saturated rings. The lowest BCUT2D eigenvalue weighted by Crippen LogP contribution is -2.42. The number of nitro benzene ring substituents is 1. The third kappa shape index (κ3) is 3.82. The van der Waals surface area contributed by atoms with Gasteiger partial charge in [-0.3, -0.25) is 10.1 Å². The minimum atomic E-state index is -0.283. The van der Waals surface area contributed by atoms with Gasteiger partial charge in [-0.05, 0) is 31.6 Å². The van der Waals surface area contributed by atoms with Gasteiger partial charge < -0.3 is 5.32 Å². The van der Waals surface area contributed by atoms with Crippen LogP contribution in [-0.4, -0.2) is 11.0 Å². The standard InChI is InChI=1S/C17H26N2O2/c1-12(2)14-8-4-6-10-16(14)18-13(3)15-9-5-7-11-17(15)19(20)21/h5,7,9,11-14,16,18H,4,6,8,10H2,1-3H3. The molecule has 0 spiro atoms.